The Hall–Kier alpha value is -2.21. The van der Waals surface area contributed by atoms with Crippen LogP contribution < -0.4 is 0 Å². The molecular weight excluding hydrogens is 262 g/mol. The molecule has 106 valence electrons. The van der Waals surface area contributed by atoms with Gasteiger partial charge in [-0.1, -0.05) is 12.1 Å². The maximum Gasteiger partial charge on any atom is 0.329 e. The molecule has 2 rings (SSSR count). The van der Waals surface area contributed by atoms with E-state index in [2.05, 4.69) is 0 Å². The molecule has 1 aliphatic rings. The van der Waals surface area contributed by atoms with Crippen molar-refractivity contribution in [2.75, 3.05) is 20.3 Å². The lowest BCUT2D eigenvalue weighted by Gasteiger charge is -2.23. The molecule has 0 unspecified atom stereocenters. The summed E-state index contributed by atoms with van der Waals surface area (Å²) >= 11 is 0. The number of hydrogen-bond acceptors (Lipinski definition) is 4. The van der Waals surface area contributed by atoms with Gasteiger partial charge in [0.25, 0.3) is 5.91 Å². The first-order valence-electron chi connectivity index (χ1n) is 6.21. The van der Waals surface area contributed by atoms with Crippen LogP contribution in [0, 0.1) is 0 Å². The van der Waals surface area contributed by atoms with Gasteiger partial charge in [-0.05, 0) is 23.6 Å². The van der Waals surface area contributed by atoms with Crippen molar-refractivity contribution in [3.8, 4) is 0 Å². The van der Waals surface area contributed by atoms with Crippen LogP contribution in [0.4, 0.5) is 0 Å². The fraction of sp³-hybridized carbons (Fsp3) is 0.357. The van der Waals surface area contributed by atoms with Crippen LogP contribution in [0.3, 0.4) is 0 Å². The van der Waals surface area contributed by atoms with Crippen molar-refractivity contribution in [2.45, 2.75) is 12.8 Å². The van der Waals surface area contributed by atoms with E-state index in [0.717, 1.165) is 16.0 Å². The number of carbonyl (C=O) groups excluding carboxylic acids is 2. The molecule has 0 saturated carbocycles. The number of ether oxygens (including phenoxy) is 1. The maximum atomic E-state index is 12.0. The van der Waals surface area contributed by atoms with Gasteiger partial charge >= 0.3 is 5.97 Å². The topological polar surface area (TPSA) is 83.9 Å². The molecule has 1 aromatic carbocycles. The minimum atomic E-state index is -1.01. The lowest BCUT2D eigenvalue weighted by molar-refractivity contribution is -0.142. The third-order valence-corrected chi connectivity index (χ3v) is 3.19. The number of hydrogen-bond donors (Lipinski definition) is 1. The number of fused-ring (bicyclic) bond motifs is 1. The van der Waals surface area contributed by atoms with E-state index in [-0.39, 0.29) is 31.4 Å². The normalized spacial score (nSPS) is 14.3. The number of benzene rings is 1. The monoisotopic (exact) mass is 277 g/mol. The van der Waals surface area contributed by atoms with Crippen molar-refractivity contribution in [3.63, 3.8) is 0 Å². The molecule has 2 amide bonds. The second-order valence-corrected chi connectivity index (χ2v) is 4.62. The second-order valence-electron chi connectivity index (χ2n) is 4.62. The van der Waals surface area contributed by atoms with Gasteiger partial charge in [-0.15, -0.1) is 0 Å². The van der Waals surface area contributed by atoms with Crippen LogP contribution in [0.5, 0.6) is 0 Å². The highest BCUT2D eigenvalue weighted by molar-refractivity contribution is 6.09. The molecule has 0 aliphatic carbocycles. The van der Waals surface area contributed by atoms with Gasteiger partial charge in [0.2, 0.25) is 5.91 Å². The Kier molecular flexibility index (Phi) is 4.14. The molecule has 0 atom stereocenters. The van der Waals surface area contributed by atoms with Crippen LogP contribution in [0.1, 0.15) is 21.5 Å². The number of aliphatic carboxylic acids is 1. The van der Waals surface area contributed by atoms with Crippen molar-refractivity contribution >= 4 is 17.8 Å². The smallest absolute Gasteiger partial charge is 0.329 e. The first kappa shape index (κ1) is 14.2. The second kappa shape index (κ2) is 5.83. The number of likely N-dealkylation sites (N-methyl/N-ethyl adjacent to an activating group) is 1. The number of nitrogens with zero attached hydrogens (tertiary/aromatic N) is 1. The van der Waals surface area contributed by atoms with Gasteiger partial charge in [0.1, 0.15) is 6.61 Å². The highest BCUT2D eigenvalue weighted by atomic mass is 16.5. The van der Waals surface area contributed by atoms with Gasteiger partial charge in [-0.3, -0.25) is 14.5 Å². The molecule has 6 nitrogen and oxygen atoms in total. The molecule has 0 radical (unpaired) electrons. The third kappa shape index (κ3) is 3.03. The van der Waals surface area contributed by atoms with Gasteiger partial charge in [0.05, 0.1) is 13.0 Å². The zero-order valence-corrected chi connectivity index (χ0v) is 11.1. The highest BCUT2D eigenvalue weighted by Gasteiger charge is 2.27. The minimum Gasteiger partial charge on any atom is -0.480 e. The Morgan fingerprint density at radius 2 is 2.15 bits per heavy atom. The first-order valence-corrected chi connectivity index (χ1v) is 6.21. The lowest BCUT2D eigenvalue weighted by atomic mass is 9.96. The molecule has 6 heteroatoms. The molecule has 0 saturated heterocycles. The van der Waals surface area contributed by atoms with E-state index in [1.54, 1.807) is 12.1 Å². The molecule has 1 aromatic rings. The SMILES string of the molecule is CN1C(=O)Cc2ccc(CCOCC(=O)O)cc2C1=O. The predicted octanol–water partition coefficient (Wildman–Crippen LogP) is 0.485. The van der Waals surface area contributed by atoms with E-state index in [9.17, 15) is 14.4 Å². The molecular formula is C14H15NO5. The van der Waals surface area contributed by atoms with Crippen LogP contribution >= 0.6 is 0 Å². The highest BCUT2D eigenvalue weighted by Crippen LogP contribution is 2.20. The molecule has 20 heavy (non-hydrogen) atoms. The molecule has 1 heterocycles. The van der Waals surface area contributed by atoms with Crippen LogP contribution in [0.25, 0.3) is 0 Å². The average molecular weight is 277 g/mol. The summed E-state index contributed by atoms with van der Waals surface area (Å²) in [6, 6.07) is 5.34. The van der Waals surface area contributed by atoms with E-state index >= 15 is 0 Å². The number of carboxylic acids is 1. The quantitative estimate of drug-likeness (QED) is 0.625. The number of rotatable bonds is 5. The maximum absolute atomic E-state index is 12.0. The van der Waals surface area contributed by atoms with Gasteiger partial charge in [-0.25, -0.2) is 4.79 Å². The fourth-order valence-electron chi connectivity index (χ4n) is 2.06. The number of amides is 2. The van der Waals surface area contributed by atoms with Crippen LogP contribution in [0.15, 0.2) is 18.2 Å². The van der Waals surface area contributed by atoms with Crippen molar-refractivity contribution in [2.24, 2.45) is 0 Å². The van der Waals surface area contributed by atoms with Crippen molar-refractivity contribution in [3.05, 3.63) is 34.9 Å². The molecule has 1 N–H and O–H groups in total. The van der Waals surface area contributed by atoms with Crippen molar-refractivity contribution in [1.29, 1.82) is 0 Å². The summed E-state index contributed by atoms with van der Waals surface area (Å²) < 4.78 is 4.96. The summed E-state index contributed by atoms with van der Waals surface area (Å²) in [5.41, 5.74) is 2.14. The van der Waals surface area contributed by atoms with E-state index in [0.29, 0.717) is 12.0 Å². The first-order chi connectivity index (χ1) is 9.49. The minimum absolute atomic E-state index is 0.208. The van der Waals surface area contributed by atoms with Crippen molar-refractivity contribution in [1.82, 2.24) is 4.90 Å². The zero-order valence-electron chi connectivity index (χ0n) is 11.1. The Balaban J connectivity index is 2.06. The van der Waals surface area contributed by atoms with Crippen LogP contribution in [-0.2, 0) is 27.2 Å². The van der Waals surface area contributed by atoms with Crippen molar-refractivity contribution < 1.29 is 24.2 Å². The molecule has 0 fully saturated rings. The van der Waals surface area contributed by atoms with Gasteiger partial charge in [-0.2, -0.15) is 0 Å². The van der Waals surface area contributed by atoms with Gasteiger partial charge < -0.3 is 9.84 Å². The summed E-state index contributed by atoms with van der Waals surface area (Å²) in [6.07, 6.45) is 0.749. The molecule has 1 aliphatic heterocycles. The van der Waals surface area contributed by atoms with E-state index < -0.39 is 5.97 Å². The molecule has 0 spiro atoms. The van der Waals surface area contributed by atoms with E-state index in [1.165, 1.54) is 7.05 Å². The number of carbonyl (C=O) groups is 3. The largest absolute Gasteiger partial charge is 0.480 e. The Morgan fingerprint density at radius 3 is 2.85 bits per heavy atom. The van der Waals surface area contributed by atoms with Crippen LogP contribution in [0.2, 0.25) is 0 Å². The zero-order chi connectivity index (χ0) is 14.7. The predicted molar refractivity (Wildman–Crippen MR) is 69.4 cm³/mol. The third-order valence-electron chi connectivity index (χ3n) is 3.19. The number of imide groups is 1. The van der Waals surface area contributed by atoms with Gasteiger partial charge in [0.15, 0.2) is 0 Å². The summed E-state index contributed by atoms with van der Waals surface area (Å²) in [5.74, 6) is -1.52. The summed E-state index contributed by atoms with van der Waals surface area (Å²) in [7, 11) is 1.47. The fourth-order valence-corrected chi connectivity index (χ4v) is 2.06. The van der Waals surface area contributed by atoms with Gasteiger partial charge in [0, 0.05) is 12.6 Å². The summed E-state index contributed by atoms with van der Waals surface area (Å²) in [4.78, 5) is 35.0. The standard InChI is InChI=1S/C14H15NO5/c1-15-12(16)7-10-3-2-9(6-11(10)14(15)19)4-5-20-8-13(17)18/h2-3,6H,4-5,7-8H2,1H3,(H,17,18). The Morgan fingerprint density at radius 1 is 1.40 bits per heavy atom. The molecule has 0 bridgehead atoms. The molecule has 0 aromatic heterocycles. The van der Waals surface area contributed by atoms with E-state index in [1.807, 2.05) is 6.07 Å². The summed E-state index contributed by atoms with van der Waals surface area (Å²) in [6.45, 7) is -0.0604. The number of carboxylic acid groups (broad SMARTS) is 1. The summed E-state index contributed by atoms with van der Waals surface area (Å²) in [5, 5.41) is 8.45. The van der Waals surface area contributed by atoms with E-state index in [4.69, 9.17) is 9.84 Å². The average Bonchev–Trinajstić information content (AvgIpc) is 2.41. The Bertz CT molecular complexity index is 567. The van der Waals surface area contributed by atoms with Crippen LogP contribution in [-0.4, -0.2) is 48.1 Å². The lowest BCUT2D eigenvalue weighted by Crippen LogP contribution is -2.39. The Labute approximate surface area is 115 Å².